The summed E-state index contributed by atoms with van der Waals surface area (Å²) in [7, 11) is 0. The Balaban J connectivity index is 2.14. The maximum absolute atomic E-state index is 13.8. The molecule has 2 rings (SSSR count). The van der Waals surface area contributed by atoms with E-state index >= 15 is 0 Å². The first-order valence-electron chi connectivity index (χ1n) is 6.11. The van der Waals surface area contributed by atoms with Crippen LogP contribution in [0.2, 0.25) is 0 Å². The summed E-state index contributed by atoms with van der Waals surface area (Å²) in [4.78, 5) is 0. The van der Waals surface area contributed by atoms with Gasteiger partial charge in [-0.05, 0) is 38.0 Å². The van der Waals surface area contributed by atoms with Crippen LogP contribution in [0.3, 0.4) is 0 Å². The molecule has 5 nitrogen and oxygen atoms in total. The van der Waals surface area contributed by atoms with Crippen LogP contribution in [0, 0.1) is 18.6 Å². The Morgan fingerprint density at radius 3 is 2.45 bits per heavy atom. The zero-order valence-corrected chi connectivity index (χ0v) is 11.2. The van der Waals surface area contributed by atoms with E-state index in [1.54, 1.807) is 13.8 Å². The molecular formula is C13H15F2N3O2. The van der Waals surface area contributed by atoms with E-state index in [4.69, 9.17) is 10.5 Å². The van der Waals surface area contributed by atoms with E-state index in [1.165, 1.54) is 12.1 Å². The van der Waals surface area contributed by atoms with Crippen molar-refractivity contribution >= 4 is 0 Å². The van der Waals surface area contributed by atoms with Gasteiger partial charge in [0, 0.05) is 6.04 Å². The van der Waals surface area contributed by atoms with E-state index in [1.807, 2.05) is 0 Å². The quantitative estimate of drug-likeness (QED) is 0.909. The molecule has 0 fully saturated rings. The highest BCUT2D eigenvalue weighted by molar-refractivity contribution is 5.32. The zero-order chi connectivity index (χ0) is 14.7. The van der Waals surface area contributed by atoms with E-state index in [-0.39, 0.29) is 12.6 Å². The molecule has 0 bridgehead atoms. The summed E-state index contributed by atoms with van der Waals surface area (Å²) >= 11 is 0. The molecule has 20 heavy (non-hydrogen) atoms. The number of hydrogen-bond acceptors (Lipinski definition) is 5. The minimum absolute atomic E-state index is 0.115. The van der Waals surface area contributed by atoms with Crippen molar-refractivity contribution in [2.24, 2.45) is 5.73 Å². The number of nitrogens with two attached hydrogens (primary N) is 1. The van der Waals surface area contributed by atoms with Gasteiger partial charge in [-0.3, -0.25) is 0 Å². The lowest BCUT2D eigenvalue weighted by Crippen LogP contribution is -2.18. The Labute approximate surface area is 114 Å². The molecule has 1 aromatic heterocycles. The van der Waals surface area contributed by atoms with Crippen LogP contribution in [0.1, 0.15) is 23.9 Å². The molecule has 1 atom stereocenters. The number of halogens is 2. The first-order chi connectivity index (χ1) is 9.47. The number of benzene rings is 1. The van der Waals surface area contributed by atoms with Crippen LogP contribution < -0.4 is 10.5 Å². The van der Waals surface area contributed by atoms with Gasteiger partial charge in [0.25, 0.3) is 0 Å². The molecule has 1 unspecified atom stereocenters. The van der Waals surface area contributed by atoms with Crippen molar-refractivity contribution in [3.8, 4) is 5.75 Å². The van der Waals surface area contributed by atoms with Gasteiger partial charge >= 0.3 is 0 Å². The third kappa shape index (κ3) is 3.30. The normalized spacial score (nSPS) is 12.4. The Bertz CT molecular complexity index is 576. The van der Waals surface area contributed by atoms with E-state index in [0.29, 0.717) is 23.4 Å². The van der Waals surface area contributed by atoms with Crippen molar-refractivity contribution in [1.29, 1.82) is 0 Å². The van der Waals surface area contributed by atoms with Crippen molar-refractivity contribution in [2.75, 3.05) is 0 Å². The highest BCUT2D eigenvalue weighted by Crippen LogP contribution is 2.25. The van der Waals surface area contributed by atoms with Gasteiger partial charge in [-0.1, -0.05) is 10.3 Å². The third-order valence-corrected chi connectivity index (χ3v) is 2.72. The molecule has 0 amide bonds. The zero-order valence-electron chi connectivity index (χ0n) is 11.2. The second-order valence-electron chi connectivity index (χ2n) is 4.66. The van der Waals surface area contributed by atoms with Gasteiger partial charge in [-0.15, -0.1) is 0 Å². The second kappa shape index (κ2) is 5.96. The van der Waals surface area contributed by atoms with Crippen LogP contribution in [0.15, 0.2) is 16.8 Å². The van der Waals surface area contributed by atoms with Crippen LogP contribution in [-0.4, -0.2) is 16.4 Å². The molecule has 0 saturated carbocycles. The van der Waals surface area contributed by atoms with Gasteiger partial charge in [0.05, 0.1) is 0 Å². The van der Waals surface area contributed by atoms with E-state index < -0.39 is 17.4 Å². The summed E-state index contributed by atoms with van der Waals surface area (Å²) in [6.07, 6.45) is 0.389. The molecule has 0 aliphatic carbocycles. The highest BCUT2D eigenvalue weighted by atomic mass is 19.1. The Morgan fingerprint density at radius 1 is 1.30 bits per heavy atom. The maximum atomic E-state index is 13.8. The van der Waals surface area contributed by atoms with Crippen LogP contribution in [0.25, 0.3) is 0 Å². The molecule has 7 heteroatoms. The van der Waals surface area contributed by atoms with E-state index in [0.717, 1.165) is 0 Å². The molecular weight excluding hydrogens is 268 g/mol. The Morgan fingerprint density at radius 2 is 1.95 bits per heavy atom. The summed E-state index contributed by atoms with van der Waals surface area (Å²) in [6, 6.07) is 2.26. The fraction of sp³-hybridized carbons (Fsp3) is 0.385. The van der Waals surface area contributed by atoms with Crippen molar-refractivity contribution in [2.45, 2.75) is 32.9 Å². The monoisotopic (exact) mass is 283 g/mol. The lowest BCUT2D eigenvalue weighted by Gasteiger charge is -2.10. The molecule has 1 heterocycles. The molecule has 0 saturated heterocycles. The van der Waals surface area contributed by atoms with Crippen molar-refractivity contribution < 1.29 is 18.1 Å². The van der Waals surface area contributed by atoms with E-state index in [2.05, 4.69) is 14.9 Å². The fourth-order valence-corrected chi connectivity index (χ4v) is 1.76. The number of aryl methyl sites for hydroxylation is 1. The van der Waals surface area contributed by atoms with Crippen molar-refractivity contribution in [3.63, 3.8) is 0 Å². The topological polar surface area (TPSA) is 74.2 Å². The maximum Gasteiger partial charge on any atom is 0.191 e. The first-order valence-corrected chi connectivity index (χ1v) is 6.11. The molecule has 2 N–H and O–H groups in total. The number of ether oxygens (including phenoxy) is 1. The van der Waals surface area contributed by atoms with Crippen molar-refractivity contribution in [1.82, 2.24) is 10.3 Å². The molecule has 108 valence electrons. The van der Waals surface area contributed by atoms with Crippen LogP contribution in [0.5, 0.6) is 5.75 Å². The fourth-order valence-electron chi connectivity index (χ4n) is 1.76. The van der Waals surface area contributed by atoms with Gasteiger partial charge in [0.15, 0.2) is 17.4 Å². The average molecular weight is 283 g/mol. The smallest absolute Gasteiger partial charge is 0.191 e. The van der Waals surface area contributed by atoms with Gasteiger partial charge < -0.3 is 10.5 Å². The Hall–Kier alpha value is -2.02. The molecule has 0 radical (unpaired) electrons. The first kappa shape index (κ1) is 14.4. The molecule has 2 aromatic rings. The summed E-state index contributed by atoms with van der Waals surface area (Å²) in [5.41, 5.74) is 6.99. The van der Waals surface area contributed by atoms with Crippen LogP contribution in [-0.2, 0) is 13.0 Å². The summed E-state index contributed by atoms with van der Waals surface area (Å²) in [6.45, 7) is 3.31. The standard InChI is InChI=1S/C13H15F2N3O2/c1-7(16)3-9-4-10(14)13(11(15)5-9)19-6-12-8(2)17-20-18-12/h4-5,7H,3,6,16H2,1-2H3. The predicted molar refractivity (Wildman–Crippen MR) is 67.1 cm³/mol. The largest absolute Gasteiger partial charge is 0.481 e. The van der Waals surface area contributed by atoms with Gasteiger partial charge in [0.2, 0.25) is 0 Å². The number of aromatic nitrogens is 2. The summed E-state index contributed by atoms with van der Waals surface area (Å²) in [5.74, 6) is -1.98. The minimum atomic E-state index is -0.769. The predicted octanol–water partition coefficient (Wildman–Crippen LogP) is 2.12. The molecule has 0 spiro atoms. The summed E-state index contributed by atoms with van der Waals surface area (Å²) in [5, 5.41) is 7.13. The van der Waals surface area contributed by atoms with E-state index in [9.17, 15) is 8.78 Å². The number of rotatable bonds is 5. The van der Waals surface area contributed by atoms with Crippen molar-refractivity contribution in [3.05, 3.63) is 40.7 Å². The molecule has 0 aliphatic heterocycles. The van der Waals surface area contributed by atoms with Gasteiger partial charge in [-0.25, -0.2) is 13.4 Å². The Kier molecular flexibility index (Phi) is 4.29. The second-order valence-corrected chi connectivity index (χ2v) is 4.66. The highest BCUT2D eigenvalue weighted by Gasteiger charge is 2.15. The summed E-state index contributed by atoms with van der Waals surface area (Å²) < 4.78 is 37.2. The third-order valence-electron chi connectivity index (χ3n) is 2.72. The molecule has 0 aliphatic rings. The SMILES string of the molecule is Cc1nonc1COc1c(F)cc(CC(C)N)cc1F. The lowest BCUT2D eigenvalue weighted by molar-refractivity contribution is 0.252. The van der Waals surface area contributed by atoms with Gasteiger partial charge in [0.1, 0.15) is 18.0 Å². The molecule has 1 aromatic carbocycles. The average Bonchev–Trinajstić information content (AvgIpc) is 2.73. The van der Waals surface area contributed by atoms with Crippen LogP contribution in [0.4, 0.5) is 8.78 Å². The minimum Gasteiger partial charge on any atom is -0.481 e. The number of nitrogens with zero attached hydrogens (tertiary/aromatic N) is 2. The lowest BCUT2D eigenvalue weighted by atomic mass is 10.1. The van der Waals surface area contributed by atoms with Crippen LogP contribution >= 0.6 is 0 Å². The number of hydrogen-bond donors (Lipinski definition) is 1. The van der Waals surface area contributed by atoms with Gasteiger partial charge in [-0.2, -0.15) is 0 Å².